The van der Waals surface area contributed by atoms with E-state index in [9.17, 15) is 9.59 Å². The maximum absolute atomic E-state index is 12.1. The van der Waals surface area contributed by atoms with E-state index in [1.54, 1.807) is 13.0 Å². The van der Waals surface area contributed by atoms with Crippen molar-refractivity contribution in [1.82, 2.24) is 9.88 Å². The number of ether oxygens (including phenoxy) is 1. The predicted molar refractivity (Wildman–Crippen MR) is 88.0 cm³/mol. The van der Waals surface area contributed by atoms with Gasteiger partial charge in [-0.1, -0.05) is 23.2 Å². The Morgan fingerprint density at radius 3 is 2.64 bits per heavy atom. The number of hydrogen-bond donors (Lipinski definition) is 1. The second kappa shape index (κ2) is 6.69. The van der Waals surface area contributed by atoms with Gasteiger partial charge >= 0.3 is 5.97 Å². The molecule has 0 amide bonds. The van der Waals surface area contributed by atoms with Crippen LogP contribution in [0.4, 0.5) is 0 Å². The molecule has 1 aromatic carbocycles. The van der Waals surface area contributed by atoms with Crippen LogP contribution in [0.5, 0.6) is 0 Å². The summed E-state index contributed by atoms with van der Waals surface area (Å²) >= 11 is 11.9. The summed E-state index contributed by atoms with van der Waals surface area (Å²) in [6.07, 6.45) is -0.301. The minimum atomic E-state index is -0.593. The first-order valence-corrected chi connectivity index (χ1v) is 7.41. The Morgan fingerprint density at radius 1 is 1.32 bits per heavy atom. The minimum absolute atomic E-state index is 0.0708. The summed E-state index contributed by atoms with van der Waals surface area (Å²) in [5, 5.41) is 0.910. The van der Waals surface area contributed by atoms with Crippen molar-refractivity contribution in [2.24, 2.45) is 0 Å². The third-order valence-corrected chi connectivity index (χ3v) is 3.51. The highest BCUT2D eigenvalue weighted by Gasteiger charge is 2.16. The van der Waals surface area contributed by atoms with Crippen LogP contribution in [-0.4, -0.2) is 42.6 Å². The summed E-state index contributed by atoms with van der Waals surface area (Å²) in [7, 11) is 3.76. The molecule has 0 bridgehead atoms. The van der Waals surface area contributed by atoms with E-state index in [0.29, 0.717) is 22.5 Å². The van der Waals surface area contributed by atoms with Crippen molar-refractivity contribution in [2.75, 3.05) is 20.6 Å². The van der Waals surface area contributed by atoms with E-state index >= 15 is 0 Å². The average Bonchev–Trinajstić information content (AvgIpc) is 2.35. The molecule has 0 saturated carbocycles. The lowest BCUT2D eigenvalue weighted by Crippen LogP contribution is -2.28. The van der Waals surface area contributed by atoms with Crippen LogP contribution in [0.3, 0.4) is 0 Å². The third-order valence-electron chi connectivity index (χ3n) is 3.00. The van der Waals surface area contributed by atoms with E-state index in [1.807, 2.05) is 19.0 Å². The van der Waals surface area contributed by atoms with Crippen LogP contribution >= 0.6 is 23.2 Å². The molecule has 22 heavy (non-hydrogen) atoms. The zero-order chi connectivity index (χ0) is 16.4. The summed E-state index contributed by atoms with van der Waals surface area (Å²) in [6.45, 7) is 2.37. The van der Waals surface area contributed by atoms with Crippen molar-refractivity contribution < 1.29 is 9.53 Å². The second-order valence-electron chi connectivity index (χ2n) is 5.34. The first-order chi connectivity index (χ1) is 10.3. The van der Waals surface area contributed by atoms with Gasteiger partial charge in [0.05, 0.1) is 15.9 Å². The highest BCUT2D eigenvalue weighted by Crippen LogP contribution is 2.24. The summed E-state index contributed by atoms with van der Waals surface area (Å²) in [4.78, 5) is 29.0. The number of pyridine rings is 1. The third kappa shape index (κ3) is 3.80. The summed E-state index contributed by atoms with van der Waals surface area (Å²) in [6, 6.07) is 4.22. The van der Waals surface area contributed by atoms with Crippen LogP contribution in [0.25, 0.3) is 10.9 Å². The van der Waals surface area contributed by atoms with E-state index in [-0.39, 0.29) is 22.2 Å². The number of aromatic amines is 1. The molecule has 7 heteroatoms. The molecule has 0 radical (unpaired) electrons. The van der Waals surface area contributed by atoms with Crippen LogP contribution in [-0.2, 0) is 4.74 Å². The molecule has 0 spiro atoms. The molecule has 0 fully saturated rings. The number of benzene rings is 1. The molecule has 1 N–H and O–H groups in total. The maximum atomic E-state index is 12.1. The fourth-order valence-electron chi connectivity index (χ4n) is 2.21. The number of carbonyl (C=O) groups excluding carboxylic acids is 1. The number of hydrogen-bond acceptors (Lipinski definition) is 4. The molecule has 1 atom stereocenters. The number of carbonyl (C=O) groups is 1. The van der Waals surface area contributed by atoms with E-state index in [2.05, 4.69) is 4.98 Å². The Morgan fingerprint density at radius 2 is 2.00 bits per heavy atom. The molecule has 2 rings (SSSR count). The zero-order valence-corrected chi connectivity index (χ0v) is 14.0. The Kier molecular flexibility index (Phi) is 5.11. The molecule has 1 heterocycles. The summed E-state index contributed by atoms with van der Waals surface area (Å²) < 4.78 is 5.29. The van der Waals surface area contributed by atoms with Crippen molar-refractivity contribution in [1.29, 1.82) is 0 Å². The van der Waals surface area contributed by atoms with E-state index in [1.165, 1.54) is 12.1 Å². The molecular weight excluding hydrogens is 327 g/mol. The molecule has 1 unspecified atom stereocenters. The lowest BCUT2D eigenvalue weighted by Gasteiger charge is -2.17. The van der Waals surface area contributed by atoms with Crippen LogP contribution in [0.2, 0.25) is 10.0 Å². The Hall–Kier alpha value is -1.56. The van der Waals surface area contributed by atoms with Crippen molar-refractivity contribution in [3.63, 3.8) is 0 Å². The lowest BCUT2D eigenvalue weighted by molar-refractivity contribution is 0.0282. The largest absolute Gasteiger partial charge is 0.457 e. The number of fused-ring (bicyclic) bond motifs is 1. The number of aromatic nitrogens is 1. The molecule has 118 valence electrons. The van der Waals surface area contributed by atoms with Gasteiger partial charge in [0.15, 0.2) is 5.43 Å². The van der Waals surface area contributed by atoms with Crippen molar-refractivity contribution in [3.8, 4) is 0 Å². The number of esters is 1. The molecular formula is C15H16Cl2N2O3. The number of rotatable bonds is 4. The second-order valence-corrected chi connectivity index (χ2v) is 6.18. The quantitative estimate of drug-likeness (QED) is 0.867. The van der Waals surface area contributed by atoms with Crippen molar-refractivity contribution in [2.45, 2.75) is 13.0 Å². The maximum Gasteiger partial charge on any atom is 0.355 e. The average molecular weight is 343 g/mol. The predicted octanol–water partition coefficient (Wildman–Crippen LogP) is 2.94. The van der Waals surface area contributed by atoms with Crippen LogP contribution in [0, 0.1) is 0 Å². The van der Waals surface area contributed by atoms with Crippen molar-refractivity contribution in [3.05, 3.63) is 44.2 Å². The molecule has 0 saturated heterocycles. The topological polar surface area (TPSA) is 62.4 Å². The van der Waals surface area contributed by atoms with Gasteiger partial charge in [0.2, 0.25) is 0 Å². The SMILES string of the molecule is CC(CN(C)C)OC(=O)c1cc(=O)c2c(Cl)cc(Cl)cc2[nH]1. The smallest absolute Gasteiger partial charge is 0.355 e. The van der Waals surface area contributed by atoms with Crippen LogP contribution in [0.15, 0.2) is 23.0 Å². The van der Waals surface area contributed by atoms with Gasteiger partial charge < -0.3 is 14.6 Å². The molecule has 2 aromatic rings. The van der Waals surface area contributed by atoms with Gasteiger partial charge in [-0.25, -0.2) is 4.79 Å². The highest BCUT2D eigenvalue weighted by atomic mass is 35.5. The van der Waals surface area contributed by atoms with Gasteiger partial charge in [-0.2, -0.15) is 0 Å². The molecule has 1 aromatic heterocycles. The van der Waals surface area contributed by atoms with Crippen LogP contribution < -0.4 is 5.43 Å². The van der Waals surface area contributed by atoms with E-state index in [0.717, 1.165) is 0 Å². The lowest BCUT2D eigenvalue weighted by atomic mass is 10.2. The van der Waals surface area contributed by atoms with E-state index in [4.69, 9.17) is 27.9 Å². The molecule has 0 aliphatic rings. The number of halogens is 2. The minimum Gasteiger partial charge on any atom is -0.457 e. The van der Waals surface area contributed by atoms with Gasteiger partial charge in [0.25, 0.3) is 0 Å². The molecule has 5 nitrogen and oxygen atoms in total. The Balaban J connectivity index is 2.37. The number of H-pyrrole nitrogens is 1. The van der Waals surface area contributed by atoms with Gasteiger partial charge in [-0.3, -0.25) is 4.79 Å². The number of likely N-dealkylation sites (N-methyl/N-ethyl adjacent to an activating group) is 1. The highest BCUT2D eigenvalue weighted by molar-refractivity contribution is 6.38. The monoisotopic (exact) mass is 342 g/mol. The zero-order valence-electron chi connectivity index (χ0n) is 12.4. The number of nitrogens with one attached hydrogen (secondary N) is 1. The van der Waals surface area contributed by atoms with E-state index < -0.39 is 5.97 Å². The number of nitrogens with zero attached hydrogens (tertiary/aromatic N) is 1. The Labute approximate surface area is 137 Å². The molecule has 0 aliphatic heterocycles. The van der Waals surface area contributed by atoms with Crippen molar-refractivity contribution >= 4 is 40.1 Å². The normalized spacial score (nSPS) is 12.6. The standard InChI is InChI=1S/C15H16Cl2N2O3/c1-8(7-19(2)3)22-15(21)12-6-13(20)14-10(17)4-9(16)5-11(14)18-12/h4-6,8H,7H2,1-3H3,(H,18,20). The van der Waals surface area contributed by atoms with Gasteiger partial charge in [-0.15, -0.1) is 0 Å². The fourth-order valence-corrected chi connectivity index (χ4v) is 2.80. The van der Waals surface area contributed by atoms with Gasteiger partial charge in [0.1, 0.15) is 11.8 Å². The summed E-state index contributed by atoms with van der Waals surface area (Å²) in [5.41, 5.74) is 0.112. The molecule has 0 aliphatic carbocycles. The van der Waals surface area contributed by atoms with Gasteiger partial charge in [0, 0.05) is 17.6 Å². The first-order valence-electron chi connectivity index (χ1n) is 6.65. The fraction of sp³-hybridized carbons (Fsp3) is 0.333. The van der Waals surface area contributed by atoms with Gasteiger partial charge in [-0.05, 0) is 33.2 Å². The van der Waals surface area contributed by atoms with Crippen LogP contribution in [0.1, 0.15) is 17.4 Å². The first kappa shape index (κ1) is 16.8. The summed E-state index contributed by atoms with van der Waals surface area (Å²) in [5.74, 6) is -0.593. The Bertz CT molecular complexity index is 771.